The minimum absolute atomic E-state index is 0.448. The summed E-state index contributed by atoms with van der Waals surface area (Å²) in [6.07, 6.45) is 2.60. The number of hydrogen-bond donors (Lipinski definition) is 1. The van der Waals surface area contributed by atoms with E-state index >= 15 is 0 Å². The summed E-state index contributed by atoms with van der Waals surface area (Å²) in [6, 6.07) is 3.97. The zero-order valence-electron chi connectivity index (χ0n) is 11.6. The van der Waals surface area contributed by atoms with Crippen LogP contribution in [0.25, 0.3) is 10.7 Å². The highest BCUT2D eigenvalue weighted by molar-refractivity contribution is 7.13. The van der Waals surface area contributed by atoms with Gasteiger partial charge in [0, 0.05) is 19.5 Å². The first-order valence-electron chi connectivity index (χ1n) is 7.00. The summed E-state index contributed by atoms with van der Waals surface area (Å²) in [7, 11) is 0. The van der Waals surface area contributed by atoms with Crippen LogP contribution in [-0.2, 0) is 6.42 Å². The van der Waals surface area contributed by atoms with Gasteiger partial charge in [-0.15, -0.1) is 11.3 Å². The topological polar surface area (TPSA) is 62.4 Å². The van der Waals surface area contributed by atoms with Crippen molar-refractivity contribution >= 4 is 11.3 Å². The maximum Gasteiger partial charge on any atom is 0.227 e. The molecule has 0 atom stereocenters. The highest BCUT2D eigenvalue weighted by Gasteiger charge is 2.38. The van der Waals surface area contributed by atoms with Crippen LogP contribution in [-0.4, -0.2) is 45.4 Å². The number of aliphatic hydroxyl groups is 1. The Morgan fingerprint density at radius 2 is 2.35 bits per heavy atom. The molecule has 5 nitrogen and oxygen atoms in total. The molecule has 1 N–H and O–H groups in total. The van der Waals surface area contributed by atoms with Crippen LogP contribution in [0.4, 0.5) is 0 Å². The third kappa shape index (κ3) is 2.92. The predicted molar refractivity (Wildman–Crippen MR) is 77.6 cm³/mol. The Morgan fingerprint density at radius 1 is 1.50 bits per heavy atom. The number of thiophene rings is 1. The fraction of sp³-hybridized carbons (Fsp3) is 0.571. The standard InChI is InChI=1S/C14H19N3O2S/c1-2-14(18)9-17(10-14)7-3-6-12-15-13(16-19-12)11-5-4-8-20-11/h4-5,8,18H,2-3,6-7,9-10H2,1H3. The molecule has 0 saturated carbocycles. The minimum Gasteiger partial charge on any atom is -0.387 e. The van der Waals surface area contributed by atoms with E-state index in [0.29, 0.717) is 11.7 Å². The molecular weight excluding hydrogens is 274 g/mol. The molecule has 1 aliphatic rings. The molecule has 1 saturated heterocycles. The molecule has 0 unspecified atom stereocenters. The number of β-amino-alcohol motifs (C(OH)–C–C–N with tert-alkyl or cyclic N) is 1. The van der Waals surface area contributed by atoms with Crippen molar-refractivity contribution in [1.29, 1.82) is 0 Å². The number of aromatic nitrogens is 2. The number of aryl methyl sites for hydroxylation is 1. The van der Waals surface area contributed by atoms with Crippen molar-refractivity contribution in [2.75, 3.05) is 19.6 Å². The van der Waals surface area contributed by atoms with Gasteiger partial charge in [-0.1, -0.05) is 18.1 Å². The second-order valence-corrected chi connectivity index (χ2v) is 6.33. The Bertz CT molecular complexity index is 547. The van der Waals surface area contributed by atoms with Gasteiger partial charge in [-0.2, -0.15) is 4.98 Å². The molecule has 108 valence electrons. The molecule has 1 aliphatic heterocycles. The first-order chi connectivity index (χ1) is 9.68. The van der Waals surface area contributed by atoms with E-state index in [4.69, 9.17) is 4.52 Å². The van der Waals surface area contributed by atoms with Crippen molar-refractivity contribution in [3.05, 3.63) is 23.4 Å². The zero-order chi connectivity index (χ0) is 14.0. The van der Waals surface area contributed by atoms with E-state index in [1.165, 1.54) is 0 Å². The first-order valence-corrected chi connectivity index (χ1v) is 7.88. The Labute approximate surface area is 122 Å². The average molecular weight is 293 g/mol. The van der Waals surface area contributed by atoms with Crippen LogP contribution in [0.5, 0.6) is 0 Å². The van der Waals surface area contributed by atoms with Gasteiger partial charge in [0.1, 0.15) is 0 Å². The summed E-state index contributed by atoms with van der Waals surface area (Å²) >= 11 is 1.61. The molecule has 1 fully saturated rings. The van der Waals surface area contributed by atoms with Gasteiger partial charge in [-0.3, -0.25) is 4.90 Å². The third-order valence-electron chi connectivity index (χ3n) is 3.77. The quantitative estimate of drug-likeness (QED) is 0.884. The van der Waals surface area contributed by atoms with Crippen molar-refractivity contribution < 1.29 is 9.63 Å². The fourth-order valence-corrected chi connectivity index (χ4v) is 3.13. The molecule has 0 bridgehead atoms. The Morgan fingerprint density at radius 3 is 3.05 bits per heavy atom. The second kappa shape index (κ2) is 5.63. The van der Waals surface area contributed by atoms with E-state index in [1.807, 2.05) is 24.4 Å². The number of likely N-dealkylation sites (tertiary alicyclic amines) is 1. The van der Waals surface area contributed by atoms with Crippen molar-refractivity contribution in [3.8, 4) is 10.7 Å². The largest absolute Gasteiger partial charge is 0.387 e. The maximum atomic E-state index is 9.93. The summed E-state index contributed by atoms with van der Waals surface area (Å²) < 4.78 is 5.26. The van der Waals surface area contributed by atoms with E-state index < -0.39 is 5.60 Å². The molecule has 2 aromatic rings. The SMILES string of the molecule is CCC1(O)CN(CCCc2nc(-c3cccs3)no2)C1. The summed E-state index contributed by atoms with van der Waals surface area (Å²) in [6.45, 7) is 4.57. The molecule has 3 rings (SSSR count). The lowest BCUT2D eigenvalue weighted by molar-refractivity contribution is -0.0994. The number of nitrogens with zero attached hydrogens (tertiary/aromatic N) is 3. The minimum atomic E-state index is -0.448. The lowest BCUT2D eigenvalue weighted by Crippen LogP contribution is -2.61. The molecule has 0 amide bonds. The van der Waals surface area contributed by atoms with Gasteiger partial charge >= 0.3 is 0 Å². The normalized spacial score (nSPS) is 18.1. The van der Waals surface area contributed by atoms with Gasteiger partial charge in [-0.05, 0) is 30.8 Å². The Hall–Kier alpha value is -1.24. The van der Waals surface area contributed by atoms with Gasteiger partial charge in [0.25, 0.3) is 0 Å². The van der Waals surface area contributed by atoms with Crippen LogP contribution in [0, 0.1) is 0 Å². The smallest absolute Gasteiger partial charge is 0.227 e. The number of rotatable bonds is 6. The van der Waals surface area contributed by atoms with Crippen LogP contribution >= 0.6 is 11.3 Å². The van der Waals surface area contributed by atoms with Crippen molar-refractivity contribution in [3.63, 3.8) is 0 Å². The molecule has 0 aliphatic carbocycles. The van der Waals surface area contributed by atoms with Crippen LogP contribution in [0.15, 0.2) is 22.0 Å². The summed E-state index contributed by atoms with van der Waals surface area (Å²) in [5, 5.41) is 15.9. The Balaban J connectivity index is 1.44. The van der Waals surface area contributed by atoms with E-state index in [-0.39, 0.29) is 0 Å². The second-order valence-electron chi connectivity index (χ2n) is 5.38. The van der Waals surface area contributed by atoms with Gasteiger partial charge in [0.2, 0.25) is 11.7 Å². The molecule has 0 radical (unpaired) electrons. The van der Waals surface area contributed by atoms with E-state index in [1.54, 1.807) is 11.3 Å². The number of hydrogen-bond acceptors (Lipinski definition) is 6. The van der Waals surface area contributed by atoms with Gasteiger partial charge in [0.15, 0.2) is 0 Å². The van der Waals surface area contributed by atoms with E-state index in [9.17, 15) is 5.11 Å². The van der Waals surface area contributed by atoms with Crippen LogP contribution < -0.4 is 0 Å². The van der Waals surface area contributed by atoms with Gasteiger partial charge in [0.05, 0.1) is 10.5 Å². The summed E-state index contributed by atoms with van der Waals surface area (Å²) in [5.74, 6) is 1.37. The molecule has 20 heavy (non-hydrogen) atoms. The van der Waals surface area contributed by atoms with E-state index in [2.05, 4.69) is 15.0 Å². The average Bonchev–Trinajstić information content (AvgIpc) is 3.06. The highest BCUT2D eigenvalue weighted by atomic mass is 32.1. The van der Waals surface area contributed by atoms with Crippen molar-refractivity contribution in [1.82, 2.24) is 15.0 Å². The zero-order valence-corrected chi connectivity index (χ0v) is 12.4. The molecule has 6 heteroatoms. The fourth-order valence-electron chi connectivity index (χ4n) is 2.48. The summed E-state index contributed by atoms with van der Waals surface area (Å²) in [4.78, 5) is 7.70. The van der Waals surface area contributed by atoms with Gasteiger partial charge in [-0.25, -0.2) is 0 Å². The molecule has 2 aromatic heterocycles. The maximum absolute atomic E-state index is 9.93. The van der Waals surface area contributed by atoms with Crippen molar-refractivity contribution in [2.45, 2.75) is 31.8 Å². The molecule has 0 spiro atoms. The first kappa shape index (κ1) is 13.7. The molecule has 0 aromatic carbocycles. The Kier molecular flexibility index (Phi) is 3.87. The molecular formula is C14H19N3O2S. The monoisotopic (exact) mass is 293 g/mol. The summed E-state index contributed by atoms with van der Waals surface area (Å²) in [5.41, 5.74) is -0.448. The van der Waals surface area contributed by atoms with Crippen LogP contribution in [0.1, 0.15) is 25.7 Å². The van der Waals surface area contributed by atoms with Crippen LogP contribution in [0.2, 0.25) is 0 Å². The van der Waals surface area contributed by atoms with E-state index in [0.717, 1.165) is 43.8 Å². The van der Waals surface area contributed by atoms with Crippen LogP contribution in [0.3, 0.4) is 0 Å². The predicted octanol–water partition coefficient (Wildman–Crippen LogP) is 2.19. The lowest BCUT2D eigenvalue weighted by atomic mass is 9.91. The highest BCUT2D eigenvalue weighted by Crippen LogP contribution is 2.24. The van der Waals surface area contributed by atoms with Gasteiger partial charge < -0.3 is 9.63 Å². The molecule has 3 heterocycles. The van der Waals surface area contributed by atoms with Crippen molar-refractivity contribution in [2.24, 2.45) is 0 Å². The lowest BCUT2D eigenvalue weighted by Gasteiger charge is -2.46. The third-order valence-corrected chi connectivity index (χ3v) is 4.63.